The van der Waals surface area contributed by atoms with Crippen molar-refractivity contribution < 1.29 is 0 Å². The van der Waals surface area contributed by atoms with Crippen LogP contribution in [0.25, 0.3) is 0 Å². The molecule has 2 aromatic rings. The van der Waals surface area contributed by atoms with E-state index in [1.54, 1.807) is 0 Å². The van der Waals surface area contributed by atoms with Crippen LogP contribution in [-0.4, -0.2) is 0 Å². The van der Waals surface area contributed by atoms with E-state index in [0.717, 1.165) is 0 Å². The molecule has 0 saturated carbocycles. The average molecular weight is 266 g/mol. The maximum absolute atomic E-state index is 2.41. The normalized spacial score (nSPS) is 12.9. The van der Waals surface area contributed by atoms with Crippen molar-refractivity contribution in [2.24, 2.45) is 0 Å². The molecule has 0 heteroatoms. The third-order valence-electron chi connectivity index (χ3n) is 4.17. The summed E-state index contributed by atoms with van der Waals surface area (Å²) in [6.07, 6.45) is 0. The maximum Gasteiger partial charge on any atom is 0.00639 e. The fraction of sp³-hybridized carbons (Fsp3) is 0.400. The minimum Gasteiger partial charge on any atom is -0.0622 e. The van der Waals surface area contributed by atoms with Crippen molar-refractivity contribution in [2.75, 3.05) is 0 Å². The van der Waals surface area contributed by atoms with Gasteiger partial charge in [0, 0.05) is 5.92 Å². The van der Waals surface area contributed by atoms with Crippen LogP contribution in [0.3, 0.4) is 0 Å². The summed E-state index contributed by atoms with van der Waals surface area (Å²) in [5.41, 5.74) is 5.80. The molecule has 0 spiro atoms. The van der Waals surface area contributed by atoms with Gasteiger partial charge < -0.3 is 0 Å². The standard InChI is InChI=1S/C20H26/c1-14(2)18-11-12-19(15(3)4)20(13-18)16(5)17-9-7-6-8-10-17/h6-16H,1-5H3. The van der Waals surface area contributed by atoms with Gasteiger partial charge in [-0.05, 0) is 34.1 Å². The van der Waals surface area contributed by atoms with Gasteiger partial charge in [0.25, 0.3) is 0 Å². The largest absolute Gasteiger partial charge is 0.0622 e. The molecular weight excluding hydrogens is 240 g/mol. The monoisotopic (exact) mass is 266 g/mol. The molecule has 0 aliphatic heterocycles. The lowest BCUT2D eigenvalue weighted by atomic mass is 9.83. The summed E-state index contributed by atoms with van der Waals surface area (Å²) in [6.45, 7) is 11.4. The SMILES string of the molecule is CC(C)c1ccc(C(C)C)c(C(C)c2ccccc2)c1. The molecule has 1 atom stereocenters. The Kier molecular flexibility index (Phi) is 4.65. The van der Waals surface area contributed by atoms with Crippen LogP contribution in [0.5, 0.6) is 0 Å². The molecule has 2 rings (SSSR count). The highest BCUT2D eigenvalue weighted by Crippen LogP contribution is 2.33. The Hall–Kier alpha value is -1.56. The van der Waals surface area contributed by atoms with E-state index in [4.69, 9.17) is 0 Å². The number of hydrogen-bond acceptors (Lipinski definition) is 0. The van der Waals surface area contributed by atoms with Crippen molar-refractivity contribution in [3.05, 3.63) is 70.8 Å². The van der Waals surface area contributed by atoms with E-state index in [9.17, 15) is 0 Å². The zero-order valence-corrected chi connectivity index (χ0v) is 13.4. The molecule has 0 radical (unpaired) electrons. The molecule has 0 fully saturated rings. The summed E-state index contributed by atoms with van der Waals surface area (Å²) in [7, 11) is 0. The maximum atomic E-state index is 2.41. The molecule has 0 aliphatic rings. The van der Waals surface area contributed by atoms with Gasteiger partial charge in [0.2, 0.25) is 0 Å². The van der Waals surface area contributed by atoms with E-state index in [2.05, 4.69) is 83.1 Å². The predicted molar refractivity (Wildman–Crippen MR) is 88.6 cm³/mol. The van der Waals surface area contributed by atoms with Gasteiger partial charge in [-0.2, -0.15) is 0 Å². The van der Waals surface area contributed by atoms with Gasteiger partial charge in [0.15, 0.2) is 0 Å². The fourth-order valence-electron chi connectivity index (χ4n) is 2.77. The van der Waals surface area contributed by atoms with Crippen LogP contribution in [0.4, 0.5) is 0 Å². The van der Waals surface area contributed by atoms with E-state index in [0.29, 0.717) is 17.8 Å². The van der Waals surface area contributed by atoms with Crippen LogP contribution in [-0.2, 0) is 0 Å². The third kappa shape index (κ3) is 3.12. The smallest absolute Gasteiger partial charge is 0.00639 e. The molecule has 0 aliphatic carbocycles. The topological polar surface area (TPSA) is 0 Å². The Bertz CT molecular complexity index is 550. The summed E-state index contributed by atoms with van der Waals surface area (Å²) in [5.74, 6) is 1.60. The van der Waals surface area contributed by atoms with Crippen molar-refractivity contribution in [3.8, 4) is 0 Å². The van der Waals surface area contributed by atoms with Crippen LogP contribution in [0.2, 0.25) is 0 Å². The Morgan fingerprint density at radius 1 is 0.600 bits per heavy atom. The minimum atomic E-state index is 0.451. The lowest BCUT2D eigenvalue weighted by Crippen LogP contribution is -2.04. The first-order valence-electron chi connectivity index (χ1n) is 7.69. The summed E-state index contributed by atoms with van der Waals surface area (Å²) in [5, 5.41) is 0. The van der Waals surface area contributed by atoms with E-state index >= 15 is 0 Å². The molecule has 0 bridgehead atoms. The number of benzene rings is 2. The van der Waals surface area contributed by atoms with Gasteiger partial charge in [-0.3, -0.25) is 0 Å². The molecule has 0 N–H and O–H groups in total. The van der Waals surface area contributed by atoms with Crippen molar-refractivity contribution in [2.45, 2.75) is 52.4 Å². The summed E-state index contributed by atoms with van der Waals surface area (Å²) in [4.78, 5) is 0. The van der Waals surface area contributed by atoms with Crippen LogP contribution < -0.4 is 0 Å². The highest BCUT2D eigenvalue weighted by Gasteiger charge is 2.16. The molecule has 0 saturated heterocycles. The quantitative estimate of drug-likeness (QED) is 0.628. The molecule has 20 heavy (non-hydrogen) atoms. The Labute approximate surface area is 123 Å². The molecule has 0 nitrogen and oxygen atoms in total. The van der Waals surface area contributed by atoms with Crippen molar-refractivity contribution >= 4 is 0 Å². The second-order valence-corrected chi connectivity index (χ2v) is 6.33. The van der Waals surface area contributed by atoms with Crippen molar-refractivity contribution in [1.29, 1.82) is 0 Å². The first-order chi connectivity index (χ1) is 9.50. The second kappa shape index (κ2) is 6.26. The molecular formula is C20H26. The lowest BCUT2D eigenvalue weighted by molar-refractivity contribution is 0.797. The van der Waals surface area contributed by atoms with E-state index in [1.807, 2.05) is 0 Å². The fourth-order valence-corrected chi connectivity index (χ4v) is 2.77. The van der Waals surface area contributed by atoms with E-state index in [1.165, 1.54) is 22.3 Å². The molecule has 0 heterocycles. The predicted octanol–water partition coefficient (Wildman–Crippen LogP) is 6.09. The Morgan fingerprint density at radius 3 is 1.80 bits per heavy atom. The Balaban J connectivity index is 2.49. The number of rotatable bonds is 4. The first-order valence-corrected chi connectivity index (χ1v) is 7.69. The Morgan fingerprint density at radius 2 is 1.25 bits per heavy atom. The third-order valence-corrected chi connectivity index (χ3v) is 4.17. The van der Waals surface area contributed by atoms with Gasteiger partial charge in [0.05, 0.1) is 0 Å². The molecule has 1 unspecified atom stereocenters. The summed E-state index contributed by atoms with van der Waals surface area (Å²) in [6, 6.07) is 17.9. The number of hydrogen-bond donors (Lipinski definition) is 0. The van der Waals surface area contributed by atoms with E-state index < -0.39 is 0 Å². The zero-order chi connectivity index (χ0) is 14.7. The van der Waals surface area contributed by atoms with Gasteiger partial charge in [0.1, 0.15) is 0 Å². The van der Waals surface area contributed by atoms with Crippen LogP contribution in [0.1, 0.15) is 74.6 Å². The molecule has 106 valence electrons. The first kappa shape index (κ1) is 14.8. The summed E-state index contributed by atoms with van der Waals surface area (Å²) >= 11 is 0. The second-order valence-electron chi connectivity index (χ2n) is 6.33. The van der Waals surface area contributed by atoms with Crippen LogP contribution >= 0.6 is 0 Å². The molecule has 2 aromatic carbocycles. The highest BCUT2D eigenvalue weighted by atomic mass is 14.2. The zero-order valence-electron chi connectivity index (χ0n) is 13.4. The van der Waals surface area contributed by atoms with E-state index in [-0.39, 0.29) is 0 Å². The van der Waals surface area contributed by atoms with Crippen LogP contribution in [0.15, 0.2) is 48.5 Å². The highest BCUT2D eigenvalue weighted by molar-refractivity contribution is 5.42. The van der Waals surface area contributed by atoms with Crippen molar-refractivity contribution in [1.82, 2.24) is 0 Å². The lowest BCUT2D eigenvalue weighted by Gasteiger charge is -2.21. The van der Waals surface area contributed by atoms with Crippen molar-refractivity contribution in [3.63, 3.8) is 0 Å². The van der Waals surface area contributed by atoms with Gasteiger partial charge >= 0.3 is 0 Å². The summed E-state index contributed by atoms with van der Waals surface area (Å²) < 4.78 is 0. The molecule has 0 aromatic heterocycles. The van der Waals surface area contributed by atoms with Gasteiger partial charge in [-0.15, -0.1) is 0 Å². The van der Waals surface area contributed by atoms with Gasteiger partial charge in [-0.1, -0.05) is 83.1 Å². The average Bonchev–Trinajstić information content (AvgIpc) is 2.46. The molecule has 0 amide bonds. The van der Waals surface area contributed by atoms with Crippen LogP contribution in [0, 0.1) is 0 Å². The minimum absolute atomic E-state index is 0.451. The van der Waals surface area contributed by atoms with Gasteiger partial charge in [-0.25, -0.2) is 0 Å².